The number of unbranched alkanes of at least 4 members (excludes halogenated alkanes) is 2. The minimum Gasteiger partial charge on any atom is -0.326 e. The van der Waals surface area contributed by atoms with E-state index in [9.17, 15) is 13.2 Å². The van der Waals surface area contributed by atoms with Gasteiger partial charge in [0.1, 0.15) is 9.84 Å². The van der Waals surface area contributed by atoms with Crippen molar-refractivity contribution in [3.05, 3.63) is 46.0 Å². The lowest BCUT2D eigenvalue weighted by molar-refractivity contribution is 0.584. The van der Waals surface area contributed by atoms with E-state index in [1.807, 2.05) is 12.1 Å². The number of nitrogens with zero attached hydrogens (tertiary/aromatic N) is 3. The summed E-state index contributed by atoms with van der Waals surface area (Å²) in [6.45, 7) is 4.77. The van der Waals surface area contributed by atoms with E-state index in [2.05, 4.69) is 40.2 Å². The van der Waals surface area contributed by atoms with Crippen LogP contribution in [0.3, 0.4) is 0 Å². The predicted molar refractivity (Wildman–Crippen MR) is 116 cm³/mol. The molecular weight excluding hydrogens is 390 g/mol. The molecule has 0 unspecified atom stereocenters. The van der Waals surface area contributed by atoms with Crippen LogP contribution < -0.4 is 10.9 Å². The summed E-state index contributed by atoms with van der Waals surface area (Å²) < 4.78 is 24.1. The fourth-order valence-electron chi connectivity index (χ4n) is 3.30. The molecule has 0 fully saturated rings. The maximum atomic E-state index is 12.6. The molecule has 0 aliphatic carbocycles. The number of fused-ring (bicyclic) bond motifs is 1. The molecule has 0 atom stereocenters. The topological polar surface area (TPSA) is 110 Å². The van der Waals surface area contributed by atoms with Crippen LogP contribution in [0.15, 0.2) is 29.3 Å². The highest BCUT2D eigenvalue weighted by atomic mass is 32.2. The summed E-state index contributed by atoms with van der Waals surface area (Å²) in [4.78, 5) is 24.1. The van der Waals surface area contributed by atoms with Crippen LogP contribution in [0.1, 0.15) is 37.3 Å². The smallest absolute Gasteiger partial charge is 0.278 e. The molecular formula is C20H27N5O3S. The van der Waals surface area contributed by atoms with Gasteiger partial charge in [0.25, 0.3) is 5.56 Å². The lowest BCUT2D eigenvalue weighted by Gasteiger charge is -2.09. The van der Waals surface area contributed by atoms with Crippen molar-refractivity contribution in [1.82, 2.24) is 19.5 Å². The number of hydrogen-bond acceptors (Lipinski definition) is 6. The SMILES string of the molecule is CCc1cc(Nc2nc3ncn(CCCCCS(C)(=O)=O)c3c(=O)[nH]2)ccc1C. The Labute approximate surface area is 170 Å². The largest absolute Gasteiger partial charge is 0.326 e. The van der Waals surface area contributed by atoms with Crippen molar-refractivity contribution in [2.24, 2.45) is 0 Å². The third-order valence-corrected chi connectivity index (χ3v) is 5.92. The van der Waals surface area contributed by atoms with Crippen molar-refractivity contribution in [3.63, 3.8) is 0 Å². The quantitative estimate of drug-likeness (QED) is 0.518. The van der Waals surface area contributed by atoms with Crippen molar-refractivity contribution >= 4 is 32.6 Å². The van der Waals surface area contributed by atoms with Crippen molar-refractivity contribution in [2.45, 2.75) is 46.1 Å². The van der Waals surface area contributed by atoms with Gasteiger partial charge in [-0.05, 0) is 49.4 Å². The minimum absolute atomic E-state index is 0.188. The Balaban J connectivity index is 1.71. The third-order valence-electron chi connectivity index (χ3n) is 4.89. The molecule has 2 N–H and O–H groups in total. The highest BCUT2D eigenvalue weighted by Gasteiger charge is 2.11. The van der Waals surface area contributed by atoms with Crippen LogP contribution in [-0.4, -0.2) is 39.9 Å². The maximum absolute atomic E-state index is 12.6. The molecule has 0 saturated carbocycles. The summed E-state index contributed by atoms with van der Waals surface area (Å²) in [6, 6.07) is 6.04. The number of hydrogen-bond donors (Lipinski definition) is 2. The van der Waals surface area contributed by atoms with Crippen molar-refractivity contribution in [1.29, 1.82) is 0 Å². The predicted octanol–water partition coefficient (Wildman–Crippen LogP) is 2.95. The first-order valence-corrected chi connectivity index (χ1v) is 11.8. The molecule has 2 aromatic heterocycles. The fraction of sp³-hybridized carbons (Fsp3) is 0.450. The van der Waals surface area contributed by atoms with E-state index in [1.54, 1.807) is 10.9 Å². The number of benzene rings is 1. The number of anilines is 2. The zero-order chi connectivity index (χ0) is 21.0. The van der Waals surface area contributed by atoms with Crippen LogP contribution in [-0.2, 0) is 22.8 Å². The standard InChI is InChI=1S/C20H27N5O3S/c1-4-15-12-16(9-8-14(15)2)22-20-23-18-17(19(26)24-20)25(13-21-18)10-6-5-7-11-29(3,27)28/h8-9,12-13H,4-7,10-11H2,1-3H3,(H2,22,23,24,26). The van der Waals surface area contributed by atoms with E-state index in [-0.39, 0.29) is 11.3 Å². The average Bonchev–Trinajstić information content (AvgIpc) is 3.05. The summed E-state index contributed by atoms with van der Waals surface area (Å²) >= 11 is 0. The molecule has 0 saturated heterocycles. The summed E-state index contributed by atoms with van der Waals surface area (Å²) in [5.41, 5.74) is 3.88. The zero-order valence-corrected chi connectivity index (χ0v) is 17.8. The van der Waals surface area contributed by atoms with Gasteiger partial charge in [-0.25, -0.2) is 13.4 Å². The normalized spacial score (nSPS) is 11.8. The van der Waals surface area contributed by atoms with Gasteiger partial charge in [-0.1, -0.05) is 19.4 Å². The number of rotatable bonds is 9. The lowest BCUT2D eigenvalue weighted by Crippen LogP contribution is -2.14. The maximum Gasteiger partial charge on any atom is 0.278 e. The van der Waals surface area contributed by atoms with E-state index < -0.39 is 9.84 Å². The summed E-state index contributed by atoms with van der Waals surface area (Å²) in [5, 5.41) is 3.15. The zero-order valence-electron chi connectivity index (χ0n) is 17.0. The summed E-state index contributed by atoms with van der Waals surface area (Å²) in [7, 11) is -2.93. The molecule has 0 aliphatic heterocycles. The molecule has 8 nitrogen and oxygen atoms in total. The molecule has 0 spiro atoms. The third kappa shape index (κ3) is 5.44. The number of sulfone groups is 1. The van der Waals surface area contributed by atoms with Crippen molar-refractivity contribution < 1.29 is 8.42 Å². The monoisotopic (exact) mass is 417 g/mol. The van der Waals surface area contributed by atoms with E-state index in [0.717, 1.165) is 24.9 Å². The number of nitrogens with one attached hydrogen (secondary N) is 2. The highest BCUT2D eigenvalue weighted by molar-refractivity contribution is 7.90. The van der Waals surface area contributed by atoms with E-state index >= 15 is 0 Å². The molecule has 0 bridgehead atoms. The van der Waals surface area contributed by atoms with Crippen LogP contribution in [0.25, 0.3) is 11.2 Å². The molecule has 29 heavy (non-hydrogen) atoms. The number of aryl methyl sites for hydroxylation is 3. The second kappa shape index (κ2) is 8.77. The number of H-pyrrole nitrogens is 1. The van der Waals surface area contributed by atoms with Gasteiger partial charge in [-0.15, -0.1) is 0 Å². The Bertz CT molecular complexity index is 1160. The van der Waals surface area contributed by atoms with Gasteiger partial charge < -0.3 is 9.88 Å². The van der Waals surface area contributed by atoms with Crippen LogP contribution in [0.2, 0.25) is 0 Å². The minimum atomic E-state index is -2.93. The van der Waals surface area contributed by atoms with E-state index in [1.165, 1.54) is 17.4 Å². The molecule has 0 radical (unpaired) electrons. The van der Waals surface area contributed by atoms with Gasteiger partial charge in [0.15, 0.2) is 11.2 Å². The molecule has 2 heterocycles. The Kier molecular flexibility index (Phi) is 6.36. The van der Waals surface area contributed by atoms with Crippen LogP contribution >= 0.6 is 0 Å². The first kappa shape index (κ1) is 21.0. The van der Waals surface area contributed by atoms with Gasteiger partial charge in [0.2, 0.25) is 5.95 Å². The molecule has 0 amide bonds. The van der Waals surface area contributed by atoms with Gasteiger partial charge in [-0.3, -0.25) is 9.78 Å². The lowest BCUT2D eigenvalue weighted by atomic mass is 10.1. The van der Waals surface area contributed by atoms with Crippen LogP contribution in [0.5, 0.6) is 0 Å². The molecule has 3 aromatic rings. The van der Waals surface area contributed by atoms with Gasteiger partial charge in [-0.2, -0.15) is 4.98 Å². The second-order valence-corrected chi connectivity index (χ2v) is 9.59. The first-order chi connectivity index (χ1) is 13.8. The van der Waals surface area contributed by atoms with E-state index in [4.69, 9.17) is 0 Å². The Hall–Kier alpha value is -2.68. The fourth-order valence-corrected chi connectivity index (χ4v) is 4.03. The van der Waals surface area contributed by atoms with E-state index in [0.29, 0.717) is 30.1 Å². The molecule has 9 heteroatoms. The summed E-state index contributed by atoms with van der Waals surface area (Å²) in [5.74, 6) is 0.542. The van der Waals surface area contributed by atoms with Gasteiger partial charge in [0, 0.05) is 24.2 Å². The number of aromatic nitrogens is 4. The summed E-state index contributed by atoms with van der Waals surface area (Å²) in [6.07, 6.45) is 5.93. The molecule has 0 aliphatic rings. The van der Waals surface area contributed by atoms with Crippen LogP contribution in [0.4, 0.5) is 11.6 Å². The number of imidazole rings is 1. The Morgan fingerprint density at radius 3 is 2.72 bits per heavy atom. The van der Waals surface area contributed by atoms with Gasteiger partial charge >= 0.3 is 0 Å². The first-order valence-electron chi connectivity index (χ1n) is 9.76. The second-order valence-electron chi connectivity index (χ2n) is 7.34. The number of aromatic amines is 1. The van der Waals surface area contributed by atoms with Crippen LogP contribution in [0, 0.1) is 6.92 Å². The van der Waals surface area contributed by atoms with Gasteiger partial charge in [0.05, 0.1) is 6.33 Å². The average molecular weight is 418 g/mol. The van der Waals surface area contributed by atoms with Crippen molar-refractivity contribution in [2.75, 3.05) is 17.3 Å². The molecule has 156 valence electrons. The highest BCUT2D eigenvalue weighted by Crippen LogP contribution is 2.19. The molecule has 3 rings (SSSR count). The Morgan fingerprint density at radius 2 is 2.00 bits per heavy atom. The van der Waals surface area contributed by atoms with Crippen molar-refractivity contribution in [3.8, 4) is 0 Å². The molecule has 1 aromatic carbocycles. The Morgan fingerprint density at radius 1 is 1.21 bits per heavy atom.